The van der Waals surface area contributed by atoms with Crippen LogP contribution in [0.1, 0.15) is 26.2 Å². The highest BCUT2D eigenvalue weighted by Crippen LogP contribution is 2.36. The molecule has 0 saturated heterocycles. The number of benzene rings is 2. The number of aromatic nitrogens is 5. The minimum atomic E-state index is -0.292. The second-order valence-corrected chi connectivity index (χ2v) is 11.2. The van der Waals surface area contributed by atoms with E-state index in [0.717, 1.165) is 75.0 Å². The number of hydrogen-bond acceptors (Lipinski definition) is 6. The van der Waals surface area contributed by atoms with E-state index in [2.05, 4.69) is 53.7 Å². The van der Waals surface area contributed by atoms with E-state index in [1.165, 1.54) is 6.07 Å². The molecular formula is C34H35FN8O. The van der Waals surface area contributed by atoms with E-state index < -0.39 is 0 Å². The van der Waals surface area contributed by atoms with Gasteiger partial charge in [0.2, 0.25) is 5.91 Å². The van der Waals surface area contributed by atoms with Gasteiger partial charge in [0.15, 0.2) is 0 Å². The summed E-state index contributed by atoms with van der Waals surface area (Å²) in [6, 6.07) is 16.9. The number of hydrogen-bond donors (Lipinski definition) is 4. The van der Waals surface area contributed by atoms with Crippen LogP contribution >= 0.6 is 0 Å². The highest BCUT2D eigenvalue weighted by molar-refractivity contribution is 6.02. The zero-order valence-corrected chi connectivity index (χ0v) is 25.0. The average molecular weight is 591 g/mol. The first-order valence-electron chi connectivity index (χ1n) is 14.8. The molecule has 0 bridgehead atoms. The number of carbonyl (C=O) groups is 1. The largest absolute Gasteiger partial charge is 0.384 e. The average Bonchev–Trinajstić information content (AvgIpc) is 3.63. The van der Waals surface area contributed by atoms with Gasteiger partial charge in [-0.2, -0.15) is 5.10 Å². The van der Waals surface area contributed by atoms with E-state index in [9.17, 15) is 9.18 Å². The van der Waals surface area contributed by atoms with Crippen LogP contribution in [0.4, 0.5) is 15.8 Å². The van der Waals surface area contributed by atoms with E-state index in [4.69, 9.17) is 0 Å². The summed E-state index contributed by atoms with van der Waals surface area (Å²) in [5.74, 6) is -0.320. The lowest BCUT2D eigenvalue weighted by molar-refractivity contribution is -0.116. The molecule has 4 N–H and O–H groups in total. The molecule has 9 nitrogen and oxygen atoms in total. The Morgan fingerprint density at radius 3 is 2.66 bits per heavy atom. The molecule has 0 spiro atoms. The van der Waals surface area contributed by atoms with Crippen molar-refractivity contribution >= 4 is 39.1 Å². The van der Waals surface area contributed by atoms with Crippen LogP contribution in [0.2, 0.25) is 0 Å². The van der Waals surface area contributed by atoms with Gasteiger partial charge >= 0.3 is 0 Å². The minimum Gasteiger partial charge on any atom is -0.384 e. The Labute approximate surface area is 254 Å². The molecular weight excluding hydrogens is 555 g/mol. The molecule has 0 aliphatic carbocycles. The van der Waals surface area contributed by atoms with Gasteiger partial charge in [0, 0.05) is 53.2 Å². The smallest absolute Gasteiger partial charge is 0.224 e. The van der Waals surface area contributed by atoms with Gasteiger partial charge in [0.05, 0.1) is 35.0 Å². The van der Waals surface area contributed by atoms with Crippen LogP contribution in [-0.4, -0.2) is 63.1 Å². The van der Waals surface area contributed by atoms with Crippen molar-refractivity contribution in [2.24, 2.45) is 0 Å². The summed E-state index contributed by atoms with van der Waals surface area (Å²) >= 11 is 0. The van der Waals surface area contributed by atoms with E-state index in [-0.39, 0.29) is 11.7 Å². The molecule has 0 unspecified atom stereocenters. The molecule has 0 saturated carbocycles. The maximum atomic E-state index is 14.7. The van der Waals surface area contributed by atoms with Crippen molar-refractivity contribution in [1.82, 2.24) is 30.0 Å². The number of amides is 1. The Kier molecular flexibility index (Phi) is 8.33. The molecule has 0 atom stereocenters. The van der Waals surface area contributed by atoms with Crippen molar-refractivity contribution in [2.75, 3.05) is 37.8 Å². The fraction of sp³-hybridized carbons (Fsp3) is 0.235. The van der Waals surface area contributed by atoms with Crippen molar-refractivity contribution in [3.8, 4) is 33.8 Å². The summed E-state index contributed by atoms with van der Waals surface area (Å²) in [5, 5.41) is 15.8. The number of carbonyl (C=O) groups excluding carboxylic acids is 1. The summed E-state index contributed by atoms with van der Waals surface area (Å²) in [5.41, 5.74) is 7.87. The maximum Gasteiger partial charge on any atom is 0.224 e. The summed E-state index contributed by atoms with van der Waals surface area (Å²) in [7, 11) is 4.02. The number of H-pyrrole nitrogens is 2. The Morgan fingerprint density at radius 1 is 0.955 bits per heavy atom. The van der Waals surface area contributed by atoms with Crippen LogP contribution in [0.3, 0.4) is 0 Å². The maximum absolute atomic E-state index is 14.7. The first-order chi connectivity index (χ1) is 21.4. The monoisotopic (exact) mass is 590 g/mol. The Balaban J connectivity index is 1.33. The lowest BCUT2D eigenvalue weighted by Crippen LogP contribution is -2.20. The molecule has 1 amide bonds. The van der Waals surface area contributed by atoms with Crippen LogP contribution in [-0.2, 0) is 4.79 Å². The second-order valence-electron chi connectivity index (χ2n) is 11.2. The molecule has 4 aromatic heterocycles. The van der Waals surface area contributed by atoms with Crippen molar-refractivity contribution in [3.05, 3.63) is 79.0 Å². The Morgan fingerprint density at radius 2 is 1.82 bits per heavy atom. The molecule has 0 radical (unpaired) electrons. The number of nitrogens with zero attached hydrogens (tertiary/aromatic N) is 4. The molecule has 0 fully saturated rings. The minimum absolute atomic E-state index is 0.0282. The highest BCUT2D eigenvalue weighted by atomic mass is 19.1. The number of anilines is 2. The van der Waals surface area contributed by atoms with Crippen molar-refractivity contribution in [2.45, 2.75) is 26.2 Å². The van der Waals surface area contributed by atoms with Gasteiger partial charge in [-0.15, -0.1) is 0 Å². The number of nitrogens with one attached hydrogen (secondary N) is 4. The standard InChI is InChI=1S/C34H35FN8O/c1-4-5-9-33(44)39-25-14-22(18-36-19-25)30-17-28-32(20-38-30)41-42-34(28)31-16-27-26(7-6-8-29(27)40-31)21-12-23(35)15-24(13-21)37-10-11-43(2)3/h6-8,12-20,37,40H,4-5,9-11H2,1-3H3,(H,39,44)(H,41,42). The number of rotatable bonds is 11. The van der Waals surface area contributed by atoms with Gasteiger partial charge in [-0.3, -0.25) is 19.9 Å². The normalized spacial score (nSPS) is 11.5. The van der Waals surface area contributed by atoms with Gasteiger partial charge in [-0.1, -0.05) is 25.5 Å². The first-order valence-corrected chi connectivity index (χ1v) is 14.8. The third-order valence-corrected chi connectivity index (χ3v) is 7.54. The Hall–Kier alpha value is -5.09. The Bertz CT molecular complexity index is 1940. The highest BCUT2D eigenvalue weighted by Gasteiger charge is 2.16. The van der Waals surface area contributed by atoms with E-state index in [1.54, 1.807) is 24.7 Å². The fourth-order valence-electron chi connectivity index (χ4n) is 5.29. The number of pyridine rings is 2. The van der Waals surface area contributed by atoms with E-state index >= 15 is 0 Å². The number of fused-ring (bicyclic) bond motifs is 2. The van der Waals surface area contributed by atoms with Crippen molar-refractivity contribution in [1.29, 1.82) is 0 Å². The quantitative estimate of drug-likeness (QED) is 0.128. The topological polar surface area (TPSA) is 115 Å². The van der Waals surface area contributed by atoms with Crippen LogP contribution in [0.5, 0.6) is 0 Å². The fourth-order valence-corrected chi connectivity index (χ4v) is 5.29. The molecule has 4 heterocycles. The van der Waals surface area contributed by atoms with Gasteiger partial charge < -0.3 is 20.5 Å². The number of unbranched alkanes of at least 4 members (excludes halogenated alkanes) is 1. The van der Waals surface area contributed by atoms with E-state index in [1.807, 2.05) is 50.5 Å². The molecule has 0 aliphatic heterocycles. The third-order valence-electron chi connectivity index (χ3n) is 7.54. The number of halogens is 1. The molecule has 44 heavy (non-hydrogen) atoms. The van der Waals surface area contributed by atoms with Gasteiger partial charge in [0.1, 0.15) is 11.5 Å². The predicted octanol–water partition coefficient (Wildman–Crippen LogP) is 7.08. The van der Waals surface area contributed by atoms with Gasteiger partial charge in [-0.05, 0) is 74.1 Å². The molecule has 0 aliphatic rings. The summed E-state index contributed by atoms with van der Waals surface area (Å²) in [6.07, 6.45) is 7.39. The number of likely N-dealkylation sites (N-methyl/N-ethyl adjacent to an activating group) is 1. The summed E-state index contributed by atoms with van der Waals surface area (Å²) in [6.45, 7) is 3.61. The second kappa shape index (κ2) is 12.6. The lowest BCUT2D eigenvalue weighted by Gasteiger charge is -2.13. The number of aromatic amines is 2. The van der Waals surface area contributed by atoms with Crippen molar-refractivity contribution in [3.63, 3.8) is 0 Å². The molecule has 6 rings (SSSR count). The SMILES string of the molecule is CCCCC(=O)Nc1cncc(-c2cc3c(-c4cc5c(-c6cc(F)cc(NCCN(C)C)c6)cccc5[nH]4)n[nH]c3cn2)c1. The van der Waals surface area contributed by atoms with E-state index in [0.29, 0.717) is 24.3 Å². The molecule has 6 aromatic rings. The van der Waals surface area contributed by atoms with Crippen molar-refractivity contribution < 1.29 is 9.18 Å². The van der Waals surface area contributed by atoms with Crippen LogP contribution < -0.4 is 10.6 Å². The lowest BCUT2D eigenvalue weighted by atomic mass is 10.0. The summed E-state index contributed by atoms with van der Waals surface area (Å²) < 4.78 is 14.7. The first kappa shape index (κ1) is 29.0. The summed E-state index contributed by atoms with van der Waals surface area (Å²) in [4.78, 5) is 26.8. The molecule has 2 aromatic carbocycles. The van der Waals surface area contributed by atoms with Gasteiger partial charge in [0.25, 0.3) is 0 Å². The zero-order valence-electron chi connectivity index (χ0n) is 25.0. The third kappa shape index (κ3) is 6.30. The van der Waals surface area contributed by atoms with Crippen LogP contribution in [0.15, 0.2) is 73.2 Å². The van der Waals surface area contributed by atoms with Crippen LogP contribution in [0.25, 0.3) is 55.6 Å². The van der Waals surface area contributed by atoms with Gasteiger partial charge in [-0.25, -0.2) is 4.39 Å². The molecule has 224 valence electrons. The molecule has 10 heteroatoms. The predicted molar refractivity (Wildman–Crippen MR) is 175 cm³/mol. The van der Waals surface area contributed by atoms with Crippen LogP contribution in [0, 0.1) is 5.82 Å². The zero-order chi connectivity index (χ0) is 30.6.